The van der Waals surface area contributed by atoms with Crippen LogP contribution in [0.25, 0.3) is 0 Å². The van der Waals surface area contributed by atoms with Crippen LogP contribution in [0.3, 0.4) is 0 Å². The first kappa shape index (κ1) is 17.8. The third-order valence-electron chi connectivity index (χ3n) is 4.15. The zero-order valence-electron chi connectivity index (χ0n) is 14.0. The molecule has 1 rings (SSSR count). The summed E-state index contributed by atoms with van der Waals surface area (Å²) < 4.78 is 5.51. The number of furan rings is 1. The summed E-state index contributed by atoms with van der Waals surface area (Å²) >= 11 is 0. The van der Waals surface area contributed by atoms with Gasteiger partial charge in [0, 0.05) is 12.0 Å². The SMILES string of the molecule is Cc1cc(C(C)NC(=O)CCC(CCN)C(C)C)c(C)o1. The lowest BCUT2D eigenvalue weighted by Gasteiger charge is -2.20. The maximum absolute atomic E-state index is 12.1. The topological polar surface area (TPSA) is 68.3 Å². The van der Waals surface area contributed by atoms with E-state index in [2.05, 4.69) is 19.2 Å². The minimum absolute atomic E-state index is 0.0121. The molecule has 4 heteroatoms. The van der Waals surface area contributed by atoms with Crippen LogP contribution in [0, 0.1) is 25.7 Å². The highest BCUT2D eigenvalue weighted by Crippen LogP contribution is 2.23. The van der Waals surface area contributed by atoms with Gasteiger partial charge < -0.3 is 15.5 Å². The number of amides is 1. The van der Waals surface area contributed by atoms with E-state index < -0.39 is 0 Å². The van der Waals surface area contributed by atoms with Gasteiger partial charge in [0.05, 0.1) is 6.04 Å². The Morgan fingerprint density at radius 2 is 1.95 bits per heavy atom. The molecule has 0 radical (unpaired) electrons. The van der Waals surface area contributed by atoms with Crippen molar-refractivity contribution in [3.63, 3.8) is 0 Å². The minimum Gasteiger partial charge on any atom is -0.466 e. The number of aryl methyl sites for hydroxylation is 2. The van der Waals surface area contributed by atoms with Crippen LogP contribution in [0.2, 0.25) is 0 Å². The van der Waals surface area contributed by atoms with E-state index in [1.165, 1.54) is 0 Å². The largest absolute Gasteiger partial charge is 0.466 e. The van der Waals surface area contributed by atoms with Crippen LogP contribution in [-0.2, 0) is 4.79 Å². The Bertz CT molecular complexity index is 452. The van der Waals surface area contributed by atoms with Gasteiger partial charge in [-0.1, -0.05) is 13.8 Å². The second kappa shape index (κ2) is 8.23. The lowest BCUT2D eigenvalue weighted by Crippen LogP contribution is -2.27. The molecule has 0 aliphatic rings. The van der Waals surface area contributed by atoms with E-state index in [0.717, 1.165) is 29.9 Å². The predicted octanol–water partition coefficient (Wildman–Crippen LogP) is 3.47. The first-order chi connectivity index (χ1) is 9.85. The van der Waals surface area contributed by atoms with E-state index in [-0.39, 0.29) is 11.9 Å². The van der Waals surface area contributed by atoms with Crippen molar-refractivity contribution in [3.05, 3.63) is 23.2 Å². The molecule has 0 spiro atoms. The molecule has 4 nitrogen and oxygen atoms in total. The van der Waals surface area contributed by atoms with Crippen molar-refractivity contribution in [2.75, 3.05) is 6.54 Å². The Hall–Kier alpha value is -1.29. The van der Waals surface area contributed by atoms with Crippen LogP contribution in [0.4, 0.5) is 0 Å². The molecule has 0 aromatic carbocycles. The summed E-state index contributed by atoms with van der Waals surface area (Å²) in [7, 11) is 0. The van der Waals surface area contributed by atoms with Gasteiger partial charge >= 0.3 is 0 Å². The number of hydrogen-bond acceptors (Lipinski definition) is 3. The minimum atomic E-state index is -0.0121. The highest BCUT2D eigenvalue weighted by atomic mass is 16.3. The molecule has 0 aliphatic heterocycles. The zero-order chi connectivity index (χ0) is 16.0. The molecule has 0 saturated carbocycles. The zero-order valence-corrected chi connectivity index (χ0v) is 14.0. The first-order valence-corrected chi connectivity index (χ1v) is 7.91. The van der Waals surface area contributed by atoms with Crippen molar-refractivity contribution < 1.29 is 9.21 Å². The molecule has 0 aliphatic carbocycles. The molecule has 0 fully saturated rings. The maximum Gasteiger partial charge on any atom is 0.220 e. The van der Waals surface area contributed by atoms with Gasteiger partial charge in [-0.15, -0.1) is 0 Å². The fourth-order valence-electron chi connectivity index (χ4n) is 2.81. The van der Waals surface area contributed by atoms with E-state index in [0.29, 0.717) is 24.8 Å². The highest BCUT2D eigenvalue weighted by Gasteiger charge is 2.17. The number of nitrogens with one attached hydrogen (secondary N) is 1. The molecule has 1 heterocycles. The Morgan fingerprint density at radius 1 is 1.29 bits per heavy atom. The molecule has 2 unspecified atom stereocenters. The predicted molar refractivity (Wildman–Crippen MR) is 86.0 cm³/mol. The van der Waals surface area contributed by atoms with Gasteiger partial charge in [-0.05, 0) is 58.1 Å². The molecule has 120 valence electrons. The molecule has 1 aromatic heterocycles. The van der Waals surface area contributed by atoms with Crippen LogP contribution in [0.15, 0.2) is 10.5 Å². The Kier molecular flexibility index (Phi) is 6.96. The fraction of sp³-hybridized carbons (Fsp3) is 0.706. The van der Waals surface area contributed by atoms with Gasteiger partial charge in [0.25, 0.3) is 0 Å². The lowest BCUT2D eigenvalue weighted by atomic mass is 9.88. The van der Waals surface area contributed by atoms with Gasteiger partial charge in [-0.2, -0.15) is 0 Å². The second-order valence-electron chi connectivity index (χ2n) is 6.28. The van der Waals surface area contributed by atoms with Crippen LogP contribution >= 0.6 is 0 Å². The Labute approximate surface area is 128 Å². The summed E-state index contributed by atoms with van der Waals surface area (Å²) in [6.07, 6.45) is 2.44. The lowest BCUT2D eigenvalue weighted by molar-refractivity contribution is -0.122. The van der Waals surface area contributed by atoms with E-state index in [1.54, 1.807) is 0 Å². The average molecular weight is 294 g/mol. The molecule has 0 bridgehead atoms. The first-order valence-electron chi connectivity index (χ1n) is 7.91. The molecule has 2 atom stereocenters. The summed E-state index contributed by atoms with van der Waals surface area (Å²) in [6, 6.07) is 1.98. The van der Waals surface area contributed by atoms with Crippen molar-refractivity contribution in [2.24, 2.45) is 17.6 Å². The maximum atomic E-state index is 12.1. The number of carbonyl (C=O) groups excluding carboxylic acids is 1. The summed E-state index contributed by atoms with van der Waals surface area (Å²) in [5, 5.41) is 3.06. The Balaban J connectivity index is 2.48. The van der Waals surface area contributed by atoms with Gasteiger partial charge in [0.1, 0.15) is 11.5 Å². The highest BCUT2D eigenvalue weighted by molar-refractivity contribution is 5.76. The fourth-order valence-corrected chi connectivity index (χ4v) is 2.81. The summed E-state index contributed by atoms with van der Waals surface area (Å²) in [5.41, 5.74) is 6.70. The van der Waals surface area contributed by atoms with Crippen molar-refractivity contribution >= 4 is 5.91 Å². The number of carbonyl (C=O) groups is 1. The van der Waals surface area contributed by atoms with E-state index in [1.807, 2.05) is 26.8 Å². The molecule has 0 saturated heterocycles. The summed E-state index contributed by atoms with van der Waals surface area (Å²) in [6.45, 7) is 10.9. The van der Waals surface area contributed by atoms with Crippen molar-refractivity contribution in [1.82, 2.24) is 5.32 Å². The summed E-state index contributed by atoms with van der Waals surface area (Å²) in [4.78, 5) is 12.1. The van der Waals surface area contributed by atoms with Gasteiger partial charge in [-0.3, -0.25) is 4.79 Å². The molecular weight excluding hydrogens is 264 g/mol. The van der Waals surface area contributed by atoms with Gasteiger partial charge in [0.2, 0.25) is 5.91 Å². The molecule has 21 heavy (non-hydrogen) atoms. The van der Waals surface area contributed by atoms with Crippen molar-refractivity contribution in [3.8, 4) is 0 Å². The standard InChI is InChI=1S/C17H30N2O2/c1-11(2)15(8-9-18)6-7-17(20)19-13(4)16-10-12(3)21-14(16)5/h10-11,13,15H,6-9,18H2,1-5H3,(H,19,20). The normalized spacial score (nSPS) is 14.2. The monoisotopic (exact) mass is 294 g/mol. The van der Waals surface area contributed by atoms with Crippen molar-refractivity contribution in [2.45, 2.75) is 59.9 Å². The summed E-state index contributed by atoms with van der Waals surface area (Å²) in [5.74, 6) is 2.95. The van der Waals surface area contributed by atoms with Crippen LogP contribution in [-0.4, -0.2) is 12.5 Å². The quantitative estimate of drug-likeness (QED) is 0.771. The van der Waals surface area contributed by atoms with Gasteiger partial charge in [0.15, 0.2) is 0 Å². The number of rotatable bonds is 8. The van der Waals surface area contributed by atoms with E-state index >= 15 is 0 Å². The van der Waals surface area contributed by atoms with Gasteiger partial charge in [-0.25, -0.2) is 0 Å². The third-order valence-corrected chi connectivity index (χ3v) is 4.15. The van der Waals surface area contributed by atoms with Crippen LogP contribution < -0.4 is 11.1 Å². The third kappa shape index (κ3) is 5.54. The average Bonchev–Trinajstić information content (AvgIpc) is 2.73. The molecular formula is C17H30N2O2. The number of nitrogens with two attached hydrogens (primary N) is 1. The molecule has 1 aromatic rings. The van der Waals surface area contributed by atoms with Crippen LogP contribution in [0.5, 0.6) is 0 Å². The second-order valence-corrected chi connectivity index (χ2v) is 6.28. The van der Waals surface area contributed by atoms with E-state index in [9.17, 15) is 4.79 Å². The number of hydrogen-bond donors (Lipinski definition) is 2. The van der Waals surface area contributed by atoms with Crippen molar-refractivity contribution in [1.29, 1.82) is 0 Å². The smallest absolute Gasteiger partial charge is 0.220 e. The van der Waals surface area contributed by atoms with E-state index in [4.69, 9.17) is 10.2 Å². The Morgan fingerprint density at radius 3 is 2.43 bits per heavy atom. The molecule has 3 N–H and O–H groups in total. The van der Waals surface area contributed by atoms with Crippen LogP contribution in [0.1, 0.15) is 63.2 Å². The molecule has 1 amide bonds.